The normalized spacial score (nSPS) is 11.3. The molecule has 26 heavy (non-hydrogen) atoms. The van der Waals surface area contributed by atoms with Crippen LogP contribution in [0.15, 0.2) is 48.5 Å². The Morgan fingerprint density at radius 3 is 2.31 bits per heavy atom. The largest absolute Gasteiger partial charge is 0.326 e. The van der Waals surface area contributed by atoms with Gasteiger partial charge in [0.05, 0.1) is 18.2 Å². The molecule has 0 saturated heterocycles. The maximum atomic E-state index is 12.3. The highest BCUT2D eigenvalue weighted by Crippen LogP contribution is 2.13. The number of nitrogens with zero attached hydrogens (tertiary/aromatic N) is 1. The van der Waals surface area contributed by atoms with Gasteiger partial charge in [0.1, 0.15) is 6.54 Å². The molecule has 0 aliphatic carbocycles. The Labute approximate surface area is 153 Å². The van der Waals surface area contributed by atoms with Gasteiger partial charge in [0, 0.05) is 23.9 Å². The lowest BCUT2D eigenvalue weighted by Gasteiger charge is -2.17. The average Bonchev–Trinajstić information content (AvgIpc) is 2.62. The molecule has 0 spiro atoms. The van der Waals surface area contributed by atoms with Gasteiger partial charge in [-0.15, -0.1) is 0 Å². The van der Waals surface area contributed by atoms with Crippen molar-refractivity contribution in [2.45, 2.75) is 20.4 Å². The summed E-state index contributed by atoms with van der Waals surface area (Å²) in [5, 5.41) is 14.5. The van der Waals surface area contributed by atoms with E-state index in [1.165, 1.54) is 6.92 Å². The van der Waals surface area contributed by atoms with E-state index in [9.17, 15) is 9.59 Å². The lowest BCUT2D eigenvalue weighted by Crippen LogP contribution is -3.11. The second kappa shape index (κ2) is 9.35. The van der Waals surface area contributed by atoms with Gasteiger partial charge in [-0.2, -0.15) is 5.26 Å². The molecule has 1 atom stereocenters. The first-order valence-electron chi connectivity index (χ1n) is 8.50. The number of anilines is 2. The highest BCUT2D eigenvalue weighted by molar-refractivity contribution is 5.92. The molecule has 0 aliphatic rings. The maximum absolute atomic E-state index is 12.3. The molecule has 0 bridgehead atoms. The summed E-state index contributed by atoms with van der Waals surface area (Å²) in [6.45, 7) is 5.29. The van der Waals surface area contributed by atoms with E-state index in [1.807, 2.05) is 25.1 Å². The number of hydrogen-bond donors (Lipinski definition) is 3. The van der Waals surface area contributed by atoms with Crippen molar-refractivity contribution in [2.75, 3.05) is 23.7 Å². The molecule has 3 N–H and O–H groups in total. The quantitative estimate of drug-likeness (QED) is 0.707. The molecular weight excluding hydrogens is 328 g/mol. The second-order valence-corrected chi connectivity index (χ2v) is 6.08. The van der Waals surface area contributed by atoms with E-state index < -0.39 is 0 Å². The zero-order chi connectivity index (χ0) is 18.9. The van der Waals surface area contributed by atoms with Crippen molar-refractivity contribution in [1.82, 2.24) is 0 Å². The Balaban J connectivity index is 1.92. The van der Waals surface area contributed by atoms with Crippen LogP contribution in [0.3, 0.4) is 0 Å². The zero-order valence-electron chi connectivity index (χ0n) is 15.0. The first-order chi connectivity index (χ1) is 12.5. The van der Waals surface area contributed by atoms with E-state index in [4.69, 9.17) is 5.26 Å². The van der Waals surface area contributed by atoms with Crippen molar-refractivity contribution in [2.24, 2.45) is 0 Å². The summed E-state index contributed by atoms with van der Waals surface area (Å²) in [5.74, 6) is -0.213. The molecule has 6 heteroatoms. The van der Waals surface area contributed by atoms with Gasteiger partial charge in [-0.3, -0.25) is 9.59 Å². The average molecular weight is 351 g/mol. The number of benzene rings is 2. The predicted molar refractivity (Wildman–Crippen MR) is 101 cm³/mol. The first-order valence-corrected chi connectivity index (χ1v) is 8.50. The fourth-order valence-corrected chi connectivity index (χ4v) is 2.62. The van der Waals surface area contributed by atoms with Crippen LogP contribution >= 0.6 is 0 Å². The number of carbonyl (C=O) groups is 2. The number of rotatable bonds is 7. The number of carbonyl (C=O) groups excluding carboxylic acids is 2. The van der Waals surface area contributed by atoms with E-state index in [2.05, 4.69) is 16.7 Å². The highest BCUT2D eigenvalue weighted by atomic mass is 16.2. The fraction of sp³-hybridized carbons (Fsp3) is 0.250. The maximum Gasteiger partial charge on any atom is 0.279 e. The summed E-state index contributed by atoms with van der Waals surface area (Å²) in [4.78, 5) is 24.4. The van der Waals surface area contributed by atoms with Gasteiger partial charge in [-0.1, -0.05) is 12.1 Å². The van der Waals surface area contributed by atoms with Crippen LogP contribution in [0, 0.1) is 11.3 Å². The van der Waals surface area contributed by atoms with Crippen LogP contribution in [0.25, 0.3) is 0 Å². The van der Waals surface area contributed by atoms with Gasteiger partial charge in [0.25, 0.3) is 5.91 Å². The van der Waals surface area contributed by atoms with Crippen molar-refractivity contribution in [3.8, 4) is 6.07 Å². The number of quaternary nitrogens is 1. The van der Waals surface area contributed by atoms with Gasteiger partial charge in [0.15, 0.2) is 6.54 Å². The van der Waals surface area contributed by atoms with Crippen LogP contribution in [-0.4, -0.2) is 24.9 Å². The van der Waals surface area contributed by atoms with Crippen molar-refractivity contribution in [3.63, 3.8) is 0 Å². The summed E-state index contributed by atoms with van der Waals surface area (Å²) in [6.07, 6.45) is 0. The number of hydrogen-bond acceptors (Lipinski definition) is 3. The smallest absolute Gasteiger partial charge is 0.279 e. The molecule has 0 radical (unpaired) electrons. The molecule has 0 saturated carbocycles. The first kappa shape index (κ1) is 19.2. The SMILES string of the molecule is CC[NH+](CC(=O)Nc1ccc(NC(C)=O)cc1)Cc1cccc(C#N)c1. The predicted octanol–water partition coefficient (Wildman–Crippen LogP) is 1.56. The lowest BCUT2D eigenvalue weighted by molar-refractivity contribution is -0.903. The lowest BCUT2D eigenvalue weighted by atomic mass is 10.1. The van der Waals surface area contributed by atoms with E-state index in [0.29, 0.717) is 30.0 Å². The molecule has 2 amide bonds. The summed E-state index contributed by atoms with van der Waals surface area (Å²) >= 11 is 0. The molecule has 1 unspecified atom stereocenters. The number of nitriles is 1. The van der Waals surface area contributed by atoms with E-state index in [1.54, 1.807) is 30.3 Å². The van der Waals surface area contributed by atoms with Crippen molar-refractivity contribution >= 4 is 23.2 Å². The summed E-state index contributed by atoms with van der Waals surface area (Å²) in [7, 11) is 0. The second-order valence-electron chi connectivity index (χ2n) is 6.08. The molecule has 0 aromatic heterocycles. The summed E-state index contributed by atoms with van der Waals surface area (Å²) in [5.41, 5.74) is 3.04. The van der Waals surface area contributed by atoms with Crippen LogP contribution < -0.4 is 15.5 Å². The molecule has 0 aliphatic heterocycles. The third-order valence-electron chi connectivity index (χ3n) is 3.91. The van der Waals surface area contributed by atoms with Crippen molar-refractivity contribution in [3.05, 3.63) is 59.7 Å². The van der Waals surface area contributed by atoms with Crippen LogP contribution in [0.5, 0.6) is 0 Å². The van der Waals surface area contributed by atoms with Crippen LogP contribution in [-0.2, 0) is 16.1 Å². The molecule has 2 aromatic rings. The Morgan fingerprint density at radius 1 is 1.08 bits per heavy atom. The Bertz CT molecular complexity index is 809. The van der Waals surface area contributed by atoms with Gasteiger partial charge in [-0.05, 0) is 43.3 Å². The van der Waals surface area contributed by atoms with Gasteiger partial charge in [0.2, 0.25) is 5.91 Å². The van der Waals surface area contributed by atoms with Crippen LogP contribution in [0.4, 0.5) is 11.4 Å². The zero-order valence-corrected chi connectivity index (χ0v) is 15.0. The molecule has 134 valence electrons. The molecule has 6 nitrogen and oxygen atoms in total. The Hall–Kier alpha value is -3.17. The summed E-state index contributed by atoms with van der Waals surface area (Å²) < 4.78 is 0. The topological polar surface area (TPSA) is 86.4 Å². The Morgan fingerprint density at radius 2 is 1.73 bits per heavy atom. The molecular formula is C20H23N4O2+. The fourth-order valence-electron chi connectivity index (χ4n) is 2.62. The van der Waals surface area contributed by atoms with Gasteiger partial charge < -0.3 is 15.5 Å². The van der Waals surface area contributed by atoms with E-state index in [0.717, 1.165) is 17.0 Å². The number of likely N-dealkylation sites (N-methyl/N-ethyl adjacent to an activating group) is 1. The standard InChI is InChI=1S/C20H22N4O2/c1-3-24(13-17-6-4-5-16(11-17)12-21)14-20(26)23-19-9-7-18(8-10-19)22-15(2)25/h4-11H,3,13-14H2,1-2H3,(H,22,25)(H,23,26)/p+1. The van der Waals surface area contributed by atoms with Crippen LogP contribution in [0.1, 0.15) is 25.0 Å². The van der Waals surface area contributed by atoms with Crippen LogP contribution in [0.2, 0.25) is 0 Å². The number of amides is 2. The third kappa shape index (κ3) is 6.04. The Kier molecular flexibility index (Phi) is 6.89. The van der Waals surface area contributed by atoms with Crippen molar-refractivity contribution < 1.29 is 14.5 Å². The molecule has 2 rings (SSSR count). The van der Waals surface area contributed by atoms with Crippen molar-refractivity contribution in [1.29, 1.82) is 5.26 Å². The minimum Gasteiger partial charge on any atom is -0.326 e. The van der Waals surface area contributed by atoms with Gasteiger partial charge >= 0.3 is 0 Å². The van der Waals surface area contributed by atoms with Gasteiger partial charge in [-0.25, -0.2) is 0 Å². The minimum absolute atomic E-state index is 0.0782. The molecule has 2 aromatic carbocycles. The summed E-state index contributed by atoms with van der Waals surface area (Å²) in [6, 6.07) is 16.6. The number of nitrogens with one attached hydrogen (secondary N) is 3. The highest BCUT2D eigenvalue weighted by Gasteiger charge is 2.14. The minimum atomic E-state index is -0.135. The molecule has 0 heterocycles. The third-order valence-corrected chi connectivity index (χ3v) is 3.91. The molecule has 0 fully saturated rings. The van der Waals surface area contributed by atoms with E-state index >= 15 is 0 Å². The van der Waals surface area contributed by atoms with E-state index in [-0.39, 0.29) is 11.8 Å². The monoisotopic (exact) mass is 351 g/mol.